The van der Waals surface area contributed by atoms with E-state index in [-0.39, 0.29) is 5.73 Å². The van der Waals surface area contributed by atoms with Gasteiger partial charge in [-0.3, -0.25) is 0 Å². The smallest absolute Gasteiger partial charge is 0.202 e. The molecule has 3 nitrogen and oxygen atoms in total. The molecule has 0 aliphatic rings. The van der Waals surface area contributed by atoms with Gasteiger partial charge in [0, 0.05) is 0 Å². The molecule has 3 N–H and O–H groups in total. The van der Waals surface area contributed by atoms with Crippen molar-refractivity contribution in [3.8, 4) is 0 Å². The largest absolute Gasteiger partial charge is 0.410 e. The highest BCUT2D eigenvalue weighted by Gasteiger charge is 1.81. The summed E-state index contributed by atoms with van der Waals surface area (Å²) in [6.07, 6.45) is 0. The highest BCUT2D eigenvalue weighted by Crippen LogP contribution is 1.56. The first-order valence-corrected chi connectivity index (χ1v) is 1.58. The Bertz CT molecular complexity index is 62.6. The summed E-state index contributed by atoms with van der Waals surface area (Å²) in [6, 6.07) is 0. The molecule has 0 heterocycles. The summed E-state index contributed by atoms with van der Waals surface area (Å²) in [5.74, 6) is 0. The lowest BCUT2D eigenvalue weighted by molar-refractivity contribution is 0.320. The van der Waals surface area contributed by atoms with Crippen molar-refractivity contribution in [3.63, 3.8) is 0 Å². The van der Waals surface area contributed by atoms with Crippen LogP contribution in [0, 0.1) is 0 Å². The minimum Gasteiger partial charge on any atom is -0.410 e. The Hall–Kier alpha value is -0.665. The third-order valence-corrected chi connectivity index (χ3v) is 0.411. The average Bonchev–Trinajstić information content (AvgIpc) is 1.65. The van der Waals surface area contributed by atoms with Gasteiger partial charge < -0.3 is 10.9 Å². The van der Waals surface area contributed by atoms with E-state index in [9.17, 15) is 0 Å². The molecule has 1 radical (unpaired) electrons. The maximum absolute atomic E-state index is 7.77. The minimum atomic E-state index is 0.148. The van der Waals surface area contributed by atoms with Crippen LogP contribution in [-0.4, -0.2) is 18.2 Å². The second-order valence-electron chi connectivity index (χ2n) is 0.814. The molecule has 0 saturated carbocycles. The second kappa shape index (κ2) is 2.57. The van der Waals surface area contributed by atoms with E-state index in [1.807, 2.05) is 0 Å². The van der Waals surface area contributed by atoms with E-state index in [1.165, 1.54) is 7.28 Å². The molecule has 0 aromatic carbocycles. The maximum atomic E-state index is 7.77. The standard InChI is InChI=1S/C2H6BN2O/c1-3-2(4)5-6/h6H,1H3,(H2,4,5). The topological polar surface area (TPSA) is 58.6 Å². The van der Waals surface area contributed by atoms with Crippen LogP contribution in [0.3, 0.4) is 0 Å². The molecule has 0 amide bonds. The Labute approximate surface area is 37.1 Å². The van der Waals surface area contributed by atoms with Crippen LogP contribution in [0.15, 0.2) is 5.16 Å². The lowest BCUT2D eigenvalue weighted by Crippen LogP contribution is -2.16. The molecule has 33 valence electrons. The Morgan fingerprint density at radius 2 is 2.50 bits per heavy atom. The molecule has 0 saturated heterocycles. The SMILES string of the molecule is C[B]/C(N)=N/O. The van der Waals surface area contributed by atoms with Gasteiger partial charge in [-0.25, -0.2) is 0 Å². The van der Waals surface area contributed by atoms with E-state index in [1.54, 1.807) is 6.82 Å². The van der Waals surface area contributed by atoms with Crippen LogP contribution in [0.2, 0.25) is 6.82 Å². The van der Waals surface area contributed by atoms with Crippen molar-refractivity contribution in [1.82, 2.24) is 0 Å². The van der Waals surface area contributed by atoms with Gasteiger partial charge in [0.15, 0.2) is 0 Å². The molecule has 0 atom stereocenters. The van der Waals surface area contributed by atoms with Crippen LogP contribution < -0.4 is 5.73 Å². The van der Waals surface area contributed by atoms with Crippen LogP contribution in [0.4, 0.5) is 0 Å². The zero-order chi connectivity index (χ0) is 4.99. The fourth-order valence-corrected chi connectivity index (χ4v) is 0.0577. The van der Waals surface area contributed by atoms with Crippen LogP contribution in [-0.2, 0) is 0 Å². The molecule has 4 heteroatoms. The Morgan fingerprint density at radius 3 is 2.50 bits per heavy atom. The summed E-state index contributed by atoms with van der Waals surface area (Å²) in [7, 11) is 1.50. The van der Waals surface area contributed by atoms with Gasteiger partial charge in [-0.15, -0.1) is 0 Å². The lowest BCUT2D eigenvalue weighted by atomic mass is 9.81. The summed E-state index contributed by atoms with van der Waals surface area (Å²) < 4.78 is 0. The number of hydrogen-bond acceptors (Lipinski definition) is 2. The molecular weight excluding hydrogens is 78.8 g/mol. The Balaban J connectivity index is 3.22. The third-order valence-electron chi connectivity index (χ3n) is 0.411. The van der Waals surface area contributed by atoms with Gasteiger partial charge in [0.1, 0.15) is 0 Å². The van der Waals surface area contributed by atoms with Crippen molar-refractivity contribution in [2.24, 2.45) is 10.9 Å². The quantitative estimate of drug-likeness (QED) is 0.147. The van der Waals surface area contributed by atoms with E-state index in [0.717, 1.165) is 0 Å². The van der Waals surface area contributed by atoms with Crippen LogP contribution >= 0.6 is 0 Å². The number of amidine groups is 1. The molecule has 0 spiro atoms. The van der Waals surface area contributed by atoms with E-state index < -0.39 is 0 Å². The molecule has 0 aromatic rings. The molecule has 0 aliphatic carbocycles. The monoisotopic (exact) mass is 85.1 g/mol. The van der Waals surface area contributed by atoms with Gasteiger partial charge in [0.25, 0.3) is 0 Å². The molecule has 0 aliphatic heterocycles. The number of hydrogen-bond donors (Lipinski definition) is 2. The molecule has 0 rings (SSSR count). The van der Waals surface area contributed by atoms with Crippen molar-refractivity contribution in [3.05, 3.63) is 0 Å². The number of oxime groups is 1. The van der Waals surface area contributed by atoms with E-state index in [0.29, 0.717) is 0 Å². The predicted molar refractivity (Wildman–Crippen MR) is 25.0 cm³/mol. The zero-order valence-corrected chi connectivity index (χ0v) is 3.55. The molecular formula is C2H6BN2O. The van der Waals surface area contributed by atoms with Crippen molar-refractivity contribution >= 4 is 13.0 Å². The van der Waals surface area contributed by atoms with Gasteiger partial charge in [0.2, 0.25) is 7.28 Å². The second-order valence-corrected chi connectivity index (χ2v) is 0.814. The highest BCUT2D eigenvalue weighted by molar-refractivity contribution is 6.73. The van der Waals surface area contributed by atoms with Crippen LogP contribution in [0.5, 0.6) is 0 Å². The zero-order valence-electron chi connectivity index (χ0n) is 3.55. The first kappa shape index (κ1) is 5.33. The summed E-state index contributed by atoms with van der Waals surface area (Å²) in [6.45, 7) is 1.69. The maximum Gasteiger partial charge on any atom is 0.202 e. The van der Waals surface area contributed by atoms with Gasteiger partial charge in [-0.05, 0) is 0 Å². The summed E-state index contributed by atoms with van der Waals surface area (Å²) in [4.78, 5) is 0. The van der Waals surface area contributed by atoms with Crippen LogP contribution in [0.25, 0.3) is 0 Å². The first-order chi connectivity index (χ1) is 2.81. The van der Waals surface area contributed by atoms with Crippen molar-refractivity contribution in [1.29, 1.82) is 0 Å². The summed E-state index contributed by atoms with van der Waals surface area (Å²) in [5, 5.41) is 10.4. The van der Waals surface area contributed by atoms with Crippen molar-refractivity contribution < 1.29 is 5.21 Å². The number of rotatable bonds is 1. The van der Waals surface area contributed by atoms with E-state index in [2.05, 4.69) is 5.16 Å². The summed E-state index contributed by atoms with van der Waals surface area (Å²) in [5.41, 5.74) is 5.06. The summed E-state index contributed by atoms with van der Waals surface area (Å²) >= 11 is 0. The van der Waals surface area contributed by atoms with E-state index in [4.69, 9.17) is 10.9 Å². The number of nitrogens with two attached hydrogens (primary N) is 1. The average molecular weight is 84.9 g/mol. The minimum absolute atomic E-state index is 0.148. The molecule has 6 heavy (non-hydrogen) atoms. The third kappa shape index (κ3) is 1.63. The molecule has 0 fully saturated rings. The lowest BCUT2D eigenvalue weighted by Gasteiger charge is -1.81. The Kier molecular flexibility index (Phi) is 2.28. The van der Waals surface area contributed by atoms with Gasteiger partial charge in [-0.1, -0.05) is 12.0 Å². The fourth-order valence-electron chi connectivity index (χ4n) is 0.0577. The molecule has 0 bridgehead atoms. The normalized spacial score (nSPS) is 11.2. The first-order valence-electron chi connectivity index (χ1n) is 1.58. The molecule has 0 unspecified atom stereocenters. The Morgan fingerprint density at radius 1 is 2.00 bits per heavy atom. The van der Waals surface area contributed by atoms with Gasteiger partial charge in [-0.2, -0.15) is 0 Å². The van der Waals surface area contributed by atoms with E-state index >= 15 is 0 Å². The fraction of sp³-hybridized carbons (Fsp3) is 0.500. The van der Waals surface area contributed by atoms with Crippen molar-refractivity contribution in [2.75, 3.05) is 0 Å². The number of nitrogens with zero attached hydrogens (tertiary/aromatic N) is 1. The van der Waals surface area contributed by atoms with Crippen molar-refractivity contribution in [2.45, 2.75) is 6.82 Å². The highest BCUT2D eigenvalue weighted by atomic mass is 16.4. The predicted octanol–water partition coefficient (Wildman–Crippen LogP) is -0.557. The van der Waals surface area contributed by atoms with Gasteiger partial charge in [0.05, 0.1) is 5.73 Å². The molecule has 0 aromatic heterocycles. The van der Waals surface area contributed by atoms with Crippen LogP contribution in [0.1, 0.15) is 0 Å². The van der Waals surface area contributed by atoms with Gasteiger partial charge >= 0.3 is 0 Å².